The zero-order valence-corrected chi connectivity index (χ0v) is 19.9. The van der Waals surface area contributed by atoms with Crippen molar-refractivity contribution in [3.8, 4) is 0 Å². The number of hydrogen-bond donors (Lipinski definition) is 3. The van der Waals surface area contributed by atoms with Crippen LogP contribution in [0.4, 0.5) is 0 Å². The summed E-state index contributed by atoms with van der Waals surface area (Å²) in [6.45, 7) is 6.01. The highest BCUT2D eigenvalue weighted by Crippen LogP contribution is 2.41. The molecule has 30 heavy (non-hydrogen) atoms. The molecule has 6 heteroatoms. The number of aliphatic hydroxyl groups is 2. The van der Waals surface area contributed by atoms with E-state index in [0.29, 0.717) is 19.3 Å². The Morgan fingerprint density at radius 3 is 2.83 bits per heavy atom. The van der Waals surface area contributed by atoms with Crippen molar-refractivity contribution in [3.63, 3.8) is 0 Å². The average Bonchev–Trinajstić information content (AvgIpc) is 3.19. The number of rotatable bonds is 12. The minimum absolute atomic E-state index is 0.0862. The van der Waals surface area contributed by atoms with E-state index in [-0.39, 0.29) is 24.2 Å². The van der Waals surface area contributed by atoms with E-state index in [0.717, 1.165) is 23.7 Å². The van der Waals surface area contributed by atoms with Crippen LogP contribution in [-0.2, 0) is 11.2 Å². The van der Waals surface area contributed by atoms with Gasteiger partial charge in [0.15, 0.2) is 0 Å². The predicted molar refractivity (Wildman–Crippen MR) is 127 cm³/mol. The monoisotopic (exact) mass is 496 g/mol. The van der Waals surface area contributed by atoms with Gasteiger partial charge in [0.05, 0.1) is 12.2 Å². The number of halogens is 1. The maximum Gasteiger partial charge on any atom is 0.303 e. The van der Waals surface area contributed by atoms with E-state index in [1.54, 1.807) is 11.3 Å². The van der Waals surface area contributed by atoms with Crippen LogP contribution in [0.2, 0.25) is 0 Å². The number of thiophene rings is 1. The van der Waals surface area contributed by atoms with Crippen LogP contribution in [-0.4, -0.2) is 33.5 Å². The first kappa shape index (κ1) is 25.1. The summed E-state index contributed by atoms with van der Waals surface area (Å²) in [4.78, 5) is 13.1. The van der Waals surface area contributed by atoms with Gasteiger partial charge in [-0.1, -0.05) is 30.4 Å². The van der Waals surface area contributed by atoms with Crippen LogP contribution in [0.25, 0.3) is 0 Å². The molecule has 1 aromatic heterocycles. The average molecular weight is 497 g/mol. The van der Waals surface area contributed by atoms with E-state index >= 15 is 0 Å². The number of carboxylic acids is 1. The Balaban J connectivity index is 1.89. The summed E-state index contributed by atoms with van der Waals surface area (Å²) in [5.41, 5.74) is 0. The molecule has 166 valence electrons. The number of aliphatic hydroxyl groups excluding tert-OH is 2. The number of hydrogen-bond acceptors (Lipinski definition) is 4. The first-order valence-electron chi connectivity index (χ1n) is 10.6. The molecular weight excluding hydrogens is 464 g/mol. The largest absolute Gasteiger partial charge is 0.481 e. The van der Waals surface area contributed by atoms with Crippen molar-refractivity contribution in [2.24, 2.45) is 17.8 Å². The lowest BCUT2D eigenvalue weighted by atomic mass is 9.86. The Bertz CT molecular complexity index is 735. The second-order valence-corrected chi connectivity index (χ2v) is 10.2. The van der Waals surface area contributed by atoms with Gasteiger partial charge in [-0.15, -0.1) is 17.9 Å². The number of carboxylic acid groups (broad SMARTS) is 1. The summed E-state index contributed by atoms with van der Waals surface area (Å²) in [6.07, 6.45) is 13.5. The maximum atomic E-state index is 10.6. The molecule has 1 heterocycles. The maximum absolute atomic E-state index is 10.6. The van der Waals surface area contributed by atoms with Crippen molar-refractivity contribution < 1.29 is 20.1 Å². The number of carbonyl (C=O) groups is 1. The van der Waals surface area contributed by atoms with Crippen LogP contribution in [0, 0.1) is 24.7 Å². The molecule has 5 atom stereocenters. The van der Waals surface area contributed by atoms with Crippen molar-refractivity contribution in [1.29, 1.82) is 0 Å². The summed E-state index contributed by atoms with van der Waals surface area (Å²) in [7, 11) is 0. The minimum Gasteiger partial charge on any atom is -0.481 e. The van der Waals surface area contributed by atoms with Crippen molar-refractivity contribution in [2.75, 3.05) is 0 Å². The summed E-state index contributed by atoms with van der Waals surface area (Å²) < 4.78 is 1.13. The topological polar surface area (TPSA) is 77.8 Å². The fraction of sp³-hybridized carbons (Fsp3) is 0.542. The van der Waals surface area contributed by atoms with E-state index in [1.165, 1.54) is 9.75 Å². The second kappa shape index (κ2) is 12.6. The van der Waals surface area contributed by atoms with Crippen molar-refractivity contribution >= 4 is 33.2 Å². The highest BCUT2D eigenvalue weighted by molar-refractivity contribution is 9.10. The van der Waals surface area contributed by atoms with Gasteiger partial charge >= 0.3 is 5.97 Å². The lowest BCUT2D eigenvalue weighted by Crippen LogP contribution is -2.18. The molecule has 0 radical (unpaired) electrons. The van der Waals surface area contributed by atoms with Gasteiger partial charge in [0.1, 0.15) is 0 Å². The molecule has 2 rings (SSSR count). The van der Waals surface area contributed by atoms with Crippen molar-refractivity contribution in [1.82, 2.24) is 0 Å². The minimum atomic E-state index is -0.769. The lowest BCUT2D eigenvalue weighted by molar-refractivity contribution is -0.137. The summed E-state index contributed by atoms with van der Waals surface area (Å²) >= 11 is 5.29. The fourth-order valence-electron chi connectivity index (χ4n) is 4.06. The molecule has 2 unspecified atom stereocenters. The fourth-order valence-corrected chi connectivity index (χ4v) is 5.68. The third-order valence-corrected chi connectivity index (χ3v) is 7.98. The van der Waals surface area contributed by atoms with Crippen LogP contribution >= 0.6 is 27.3 Å². The zero-order chi connectivity index (χ0) is 22.1. The van der Waals surface area contributed by atoms with Crippen LogP contribution in [0.3, 0.4) is 0 Å². The first-order valence-corrected chi connectivity index (χ1v) is 12.2. The zero-order valence-electron chi connectivity index (χ0n) is 17.5. The molecule has 1 aromatic rings. The van der Waals surface area contributed by atoms with E-state index in [1.807, 2.05) is 18.2 Å². The van der Waals surface area contributed by atoms with Crippen LogP contribution in [0.5, 0.6) is 0 Å². The molecule has 1 aliphatic rings. The van der Waals surface area contributed by atoms with E-state index in [9.17, 15) is 15.0 Å². The van der Waals surface area contributed by atoms with E-state index in [4.69, 9.17) is 5.11 Å². The van der Waals surface area contributed by atoms with Crippen molar-refractivity contribution in [2.45, 2.75) is 64.1 Å². The quantitative estimate of drug-likeness (QED) is 0.257. The molecule has 0 spiro atoms. The van der Waals surface area contributed by atoms with E-state index in [2.05, 4.69) is 47.7 Å². The Kier molecular flexibility index (Phi) is 10.5. The third kappa shape index (κ3) is 7.80. The molecule has 4 nitrogen and oxygen atoms in total. The smallest absolute Gasteiger partial charge is 0.303 e. The molecule has 1 aliphatic carbocycles. The molecule has 0 saturated heterocycles. The number of allylic oxidation sites excluding steroid dienone is 4. The van der Waals surface area contributed by atoms with E-state index < -0.39 is 18.2 Å². The Morgan fingerprint density at radius 2 is 2.20 bits per heavy atom. The van der Waals surface area contributed by atoms with Gasteiger partial charge in [0.2, 0.25) is 0 Å². The summed E-state index contributed by atoms with van der Waals surface area (Å²) in [5, 5.41) is 29.6. The van der Waals surface area contributed by atoms with Gasteiger partial charge in [-0.05, 0) is 85.2 Å². The SMILES string of the molecule is C=CC1CC(O)[C@H](C/C=C\CCCC(=O)O)[C@H]1/C=C/[C@@H](O)CCc1cc(Br)c(C)s1. The Morgan fingerprint density at radius 1 is 1.43 bits per heavy atom. The van der Waals surface area contributed by atoms with Crippen LogP contribution < -0.4 is 0 Å². The molecule has 3 N–H and O–H groups in total. The first-order chi connectivity index (χ1) is 14.3. The summed E-state index contributed by atoms with van der Waals surface area (Å²) in [5.74, 6) is -0.337. The molecule has 0 bridgehead atoms. The van der Waals surface area contributed by atoms with Gasteiger partial charge in [-0.2, -0.15) is 0 Å². The van der Waals surface area contributed by atoms with Crippen molar-refractivity contribution in [3.05, 3.63) is 57.3 Å². The molecule has 0 aliphatic heterocycles. The van der Waals surface area contributed by atoms with Crippen LogP contribution in [0.1, 0.15) is 48.3 Å². The highest BCUT2D eigenvalue weighted by atomic mass is 79.9. The standard InChI is InChI=1S/C24H33BrO4S/c1-3-17-14-23(27)21(8-6-4-5-7-9-24(28)29)20(17)13-11-18(26)10-12-19-15-22(25)16(2)30-19/h3-4,6,11,13,15,17-18,20-21,23,26-27H,1,5,7-10,12,14H2,2H3,(H,28,29)/b6-4-,13-11+/t17?,18-,20-,21+,23?/m0/s1. The van der Waals surface area contributed by atoms with Gasteiger partial charge in [-0.25, -0.2) is 0 Å². The van der Waals surface area contributed by atoms with Gasteiger partial charge in [-0.3, -0.25) is 4.79 Å². The third-order valence-electron chi connectivity index (χ3n) is 5.79. The molecule has 1 saturated carbocycles. The lowest BCUT2D eigenvalue weighted by Gasteiger charge is -2.20. The molecule has 0 amide bonds. The van der Waals surface area contributed by atoms with Gasteiger partial charge < -0.3 is 15.3 Å². The summed E-state index contributed by atoms with van der Waals surface area (Å²) in [6, 6.07) is 2.12. The second-order valence-electron chi connectivity index (χ2n) is 8.04. The highest BCUT2D eigenvalue weighted by Gasteiger charge is 2.38. The van der Waals surface area contributed by atoms with Crippen LogP contribution in [0.15, 0.2) is 47.5 Å². The number of aliphatic carboxylic acids is 1. The van der Waals surface area contributed by atoms with Gasteiger partial charge in [0, 0.05) is 20.6 Å². The Hall–Kier alpha value is -1.21. The molecule has 0 aromatic carbocycles. The normalized spacial score (nSPS) is 25.3. The number of unbranched alkanes of at least 4 members (excludes halogenated alkanes) is 1. The molecular formula is C24H33BrO4S. The predicted octanol–water partition coefficient (Wildman–Crippen LogP) is 5.67. The number of aryl methyl sites for hydroxylation is 2. The molecule has 1 fully saturated rings. The van der Waals surface area contributed by atoms with Gasteiger partial charge in [0.25, 0.3) is 0 Å². The Labute approximate surface area is 192 Å².